The number of hydrogen-bond donors (Lipinski definition) is 0. The Morgan fingerprint density at radius 3 is 2.61 bits per heavy atom. The molecule has 0 saturated carbocycles. The number of methoxy groups -OCH3 is 1. The summed E-state index contributed by atoms with van der Waals surface area (Å²) in [7, 11) is 1.57. The lowest BCUT2D eigenvalue weighted by Crippen LogP contribution is -2.40. The van der Waals surface area contributed by atoms with Crippen LogP contribution in [0.4, 0.5) is 0 Å². The van der Waals surface area contributed by atoms with E-state index in [4.69, 9.17) is 4.74 Å². The number of ether oxygens (including phenoxy) is 1. The topological polar surface area (TPSA) is 45.4 Å². The fraction of sp³-hybridized carbons (Fsp3) is 0.364. The molecule has 1 aromatic carbocycles. The van der Waals surface area contributed by atoms with Gasteiger partial charge in [-0.25, -0.2) is 4.98 Å². The molecule has 2 aliphatic rings. The summed E-state index contributed by atoms with van der Waals surface area (Å²) in [5.74, 6) is 0.611. The highest BCUT2D eigenvalue weighted by atomic mass is 79.9. The molecule has 1 amide bonds. The second-order valence-electron chi connectivity index (χ2n) is 7.46. The van der Waals surface area contributed by atoms with Crippen molar-refractivity contribution < 1.29 is 9.53 Å². The van der Waals surface area contributed by atoms with Crippen molar-refractivity contribution in [1.82, 2.24) is 14.8 Å². The van der Waals surface area contributed by atoms with Gasteiger partial charge in [0.25, 0.3) is 5.91 Å². The SMILES string of the molecule is COc1ccc(C(=O)N2CC23CCN(C/C=C/c2ccc(Br)cc2)CC3)cn1. The van der Waals surface area contributed by atoms with Crippen molar-refractivity contribution in [3.8, 4) is 5.88 Å². The van der Waals surface area contributed by atoms with Crippen LogP contribution in [0.25, 0.3) is 6.08 Å². The maximum Gasteiger partial charge on any atom is 0.256 e. The van der Waals surface area contributed by atoms with Gasteiger partial charge in [-0.05, 0) is 36.6 Å². The second kappa shape index (κ2) is 8.05. The van der Waals surface area contributed by atoms with Gasteiger partial charge in [0.15, 0.2) is 0 Å². The molecule has 2 saturated heterocycles. The molecule has 146 valence electrons. The third-order valence-electron chi connectivity index (χ3n) is 5.69. The Labute approximate surface area is 174 Å². The number of nitrogens with zero attached hydrogens (tertiary/aromatic N) is 3. The van der Waals surface area contributed by atoms with Crippen LogP contribution in [0.1, 0.15) is 28.8 Å². The Balaban J connectivity index is 1.27. The Morgan fingerprint density at radius 2 is 1.96 bits per heavy atom. The van der Waals surface area contributed by atoms with Gasteiger partial charge in [0.1, 0.15) is 0 Å². The van der Waals surface area contributed by atoms with Crippen LogP contribution in [0.5, 0.6) is 5.88 Å². The lowest BCUT2D eigenvalue weighted by atomic mass is 9.96. The molecule has 5 nitrogen and oxygen atoms in total. The molecular weight excluding hydrogens is 418 g/mol. The van der Waals surface area contributed by atoms with Crippen LogP contribution in [0, 0.1) is 0 Å². The summed E-state index contributed by atoms with van der Waals surface area (Å²) in [5.41, 5.74) is 1.91. The third kappa shape index (κ3) is 4.13. The Morgan fingerprint density at radius 1 is 1.21 bits per heavy atom. The van der Waals surface area contributed by atoms with Gasteiger partial charge in [-0.3, -0.25) is 9.69 Å². The molecule has 3 heterocycles. The molecule has 1 aromatic heterocycles. The van der Waals surface area contributed by atoms with E-state index in [1.54, 1.807) is 25.4 Å². The van der Waals surface area contributed by atoms with E-state index in [1.165, 1.54) is 5.56 Å². The van der Waals surface area contributed by atoms with Gasteiger partial charge in [0.05, 0.1) is 18.2 Å². The minimum atomic E-state index is 0.0585. The number of halogens is 1. The Hall–Kier alpha value is -2.18. The van der Waals surface area contributed by atoms with Gasteiger partial charge >= 0.3 is 0 Å². The summed E-state index contributed by atoms with van der Waals surface area (Å²) in [5, 5.41) is 0. The fourth-order valence-electron chi connectivity index (χ4n) is 3.82. The fourth-order valence-corrected chi connectivity index (χ4v) is 4.09. The van der Waals surface area contributed by atoms with E-state index in [2.05, 4.69) is 62.2 Å². The van der Waals surface area contributed by atoms with Gasteiger partial charge < -0.3 is 9.64 Å². The summed E-state index contributed by atoms with van der Waals surface area (Å²) in [6.07, 6.45) is 8.07. The maximum atomic E-state index is 12.7. The normalized spacial score (nSPS) is 18.6. The first-order valence-corrected chi connectivity index (χ1v) is 10.4. The zero-order chi connectivity index (χ0) is 19.6. The van der Waals surface area contributed by atoms with Gasteiger partial charge in [-0.1, -0.05) is 40.2 Å². The van der Waals surface area contributed by atoms with Crippen molar-refractivity contribution in [1.29, 1.82) is 0 Å². The number of carbonyl (C=O) groups is 1. The molecule has 2 aliphatic heterocycles. The predicted octanol–water partition coefficient (Wildman–Crippen LogP) is 3.86. The van der Waals surface area contributed by atoms with Crippen molar-refractivity contribution in [2.24, 2.45) is 0 Å². The summed E-state index contributed by atoms with van der Waals surface area (Å²) < 4.78 is 6.16. The second-order valence-corrected chi connectivity index (χ2v) is 8.38. The average Bonchev–Trinajstić information content (AvgIpc) is 3.44. The summed E-state index contributed by atoms with van der Waals surface area (Å²) in [6, 6.07) is 11.9. The zero-order valence-corrected chi connectivity index (χ0v) is 17.6. The standard InChI is InChI=1S/C22H24BrN3O2/c1-28-20-9-6-18(15-24-20)21(27)26-16-22(26)10-13-25(14-11-22)12-2-3-17-4-7-19(23)8-5-17/h2-9,15H,10-14,16H2,1H3/b3-2+. The molecule has 28 heavy (non-hydrogen) atoms. The smallest absolute Gasteiger partial charge is 0.256 e. The van der Waals surface area contributed by atoms with Crippen molar-refractivity contribution in [3.63, 3.8) is 0 Å². The first-order valence-electron chi connectivity index (χ1n) is 9.56. The first kappa shape index (κ1) is 19.2. The lowest BCUT2D eigenvalue weighted by molar-refractivity contribution is 0.0823. The molecule has 0 N–H and O–H groups in total. The van der Waals surface area contributed by atoms with Crippen LogP contribution in [0.3, 0.4) is 0 Å². The van der Waals surface area contributed by atoms with E-state index in [9.17, 15) is 4.79 Å². The number of pyridine rings is 1. The molecule has 6 heteroatoms. The molecule has 2 fully saturated rings. The van der Waals surface area contributed by atoms with E-state index in [0.717, 1.165) is 43.5 Å². The van der Waals surface area contributed by atoms with Crippen LogP contribution in [-0.4, -0.2) is 59.5 Å². The van der Waals surface area contributed by atoms with Crippen molar-refractivity contribution in [2.75, 3.05) is 33.3 Å². The monoisotopic (exact) mass is 441 g/mol. The predicted molar refractivity (Wildman–Crippen MR) is 113 cm³/mol. The highest BCUT2D eigenvalue weighted by molar-refractivity contribution is 9.10. The van der Waals surface area contributed by atoms with Crippen molar-refractivity contribution >= 4 is 27.9 Å². The highest BCUT2D eigenvalue weighted by Crippen LogP contribution is 2.42. The van der Waals surface area contributed by atoms with Crippen LogP contribution in [0.2, 0.25) is 0 Å². The number of rotatable bonds is 5. The van der Waals surface area contributed by atoms with Crippen LogP contribution in [-0.2, 0) is 0 Å². The lowest BCUT2D eigenvalue weighted by Gasteiger charge is -2.31. The highest BCUT2D eigenvalue weighted by Gasteiger charge is 2.55. The van der Waals surface area contributed by atoms with Crippen molar-refractivity contribution in [3.05, 3.63) is 64.3 Å². The molecule has 1 spiro atoms. The number of carbonyl (C=O) groups excluding carboxylic acids is 1. The summed E-state index contributed by atoms with van der Waals surface area (Å²) in [6.45, 7) is 3.85. The number of aromatic nitrogens is 1. The molecule has 0 bridgehead atoms. The molecule has 0 aliphatic carbocycles. The van der Waals surface area contributed by atoms with E-state index in [1.807, 2.05) is 4.90 Å². The van der Waals surface area contributed by atoms with E-state index in [0.29, 0.717) is 11.4 Å². The largest absolute Gasteiger partial charge is 0.481 e. The van der Waals surface area contributed by atoms with Crippen LogP contribution in [0.15, 0.2) is 53.1 Å². The Kier molecular flexibility index (Phi) is 5.51. The van der Waals surface area contributed by atoms with E-state index >= 15 is 0 Å². The summed E-state index contributed by atoms with van der Waals surface area (Å²) in [4.78, 5) is 21.3. The number of amides is 1. The molecular formula is C22H24BrN3O2. The minimum absolute atomic E-state index is 0.0585. The van der Waals surface area contributed by atoms with Gasteiger partial charge in [-0.2, -0.15) is 0 Å². The Bertz CT molecular complexity index is 856. The van der Waals surface area contributed by atoms with Crippen LogP contribution < -0.4 is 4.74 Å². The number of likely N-dealkylation sites (tertiary alicyclic amines) is 1. The van der Waals surface area contributed by atoms with Crippen LogP contribution >= 0.6 is 15.9 Å². The third-order valence-corrected chi connectivity index (χ3v) is 6.22. The molecule has 2 aromatic rings. The maximum absolute atomic E-state index is 12.7. The number of piperidine rings is 1. The molecule has 0 atom stereocenters. The van der Waals surface area contributed by atoms with Crippen molar-refractivity contribution in [2.45, 2.75) is 18.4 Å². The number of benzene rings is 1. The molecule has 0 unspecified atom stereocenters. The summed E-state index contributed by atoms with van der Waals surface area (Å²) >= 11 is 3.46. The first-order chi connectivity index (χ1) is 13.6. The zero-order valence-electron chi connectivity index (χ0n) is 16.0. The minimum Gasteiger partial charge on any atom is -0.481 e. The van der Waals surface area contributed by atoms with Gasteiger partial charge in [-0.15, -0.1) is 0 Å². The quantitative estimate of drug-likeness (QED) is 0.660. The van der Waals surface area contributed by atoms with Gasteiger partial charge in [0, 0.05) is 42.9 Å². The van der Waals surface area contributed by atoms with E-state index < -0.39 is 0 Å². The van der Waals surface area contributed by atoms with E-state index in [-0.39, 0.29) is 11.4 Å². The van der Waals surface area contributed by atoms with Gasteiger partial charge in [0.2, 0.25) is 5.88 Å². The average molecular weight is 442 g/mol. The molecule has 0 radical (unpaired) electrons. The number of hydrogen-bond acceptors (Lipinski definition) is 4. The molecule has 4 rings (SSSR count).